The third kappa shape index (κ3) is 3.49. The molecule has 0 aromatic heterocycles. The Morgan fingerprint density at radius 2 is 1.67 bits per heavy atom. The third-order valence-corrected chi connectivity index (χ3v) is 3.06. The Balaban J connectivity index is 2.01. The molecule has 2 nitrogen and oxygen atoms in total. The number of nitrogens with one attached hydrogen (secondary N) is 1. The first-order chi connectivity index (χ1) is 8.65. The molecular formula is C14H11Cl2NO. The number of hydrogen-bond donors (Lipinski definition) is 1. The van der Waals surface area contributed by atoms with Crippen LogP contribution >= 0.6 is 23.2 Å². The molecule has 92 valence electrons. The molecule has 0 bridgehead atoms. The third-order valence-electron chi connectivity index (χ3n) is 2.44. The molecule has 4 heteroatoms. The maximum atomic E-state index is 11.8. The molecule has 2 aromatic rings. The Bertz CT molecular complexity index is 552. The van der Waals surface area contributed by atoms with Crippen LogP contribution in [0.15, 0.2) is 48.5 Å². The molecule has 0 aliphatic heterocycles. The van der Waals surface area contributed by atoms with E-state index in [0.717, 1.165) is 11.3 Å². The van der Waals surface area contributed by atoms with E-state index in [2.05, 4.69) is 5.32 Å². The number of anilines is 1. The molecule has 0 aliphatic rings. The van der Waals surface area contributed by atoms with Crippen molar-refractivity contribution in [1.82, 2.24) is 0 Å². The zero-order valence-corrected chi connectivity index (χ0v) is 11.0. The standard InChI is InChI=1S/C14H11Cl2NO/c15-11-5-7-12(8-6-11)17-14(18)9-10-3-1-2-4-13(10)16/h1-8H,9H2,(H,17,18). The average Bonchev–Trinajstić information content (AvgIpc) is 2.35. The molecule has 2 rings (SSSR count). The Morgan fingerprint density at radius 3 is 2.33 bits per heavy atom. The summed E-state index contributed by atoms with van der Waals surface area (Å²) in [4.78, 5) is 11.8. The van der Waals surface area contributed by atoms with Crippen LogP contribution in [0.5, 0.6) is 0 Å². The summed E-state index contributed by atoms with van der Waals surface area (Å²) in [7, 11) is 0. The predicted octanol–water partition coefficient (Wildman–Crippen LogP) is 4.17. The summed E-state index contributed by atoms with van der Waals surface area (Å²) in [5, 5.41) is 4.03. The highest BCUT2D eigenvalue weighted by Crippen LogP contribution is 2.17. The van der Waals surface area contributed by atoms with Crippen molar-refractivity contribution < 1.29 is 4.79 Å². The minimum Gasteiger partial charge on any atom is -0.326 e. The van der Waals surface area contributed by atoms with Crippen LogP contribution in [0.2, 0.25) is 10.0 Å². The van der Waals surface area contributed by atoms with E-state index in [1.54, 1.807) is 30.3 Å². The van der Waals surface area contributed by atoms with Crippen molar-refractivity contribution in [2.24, 2.45) is 0 Å². The van der Waals surface area contributed by atoms with E-state index in [-0.39, 0.29) is 12.3 Å². The van der Waals surface area contributed by atoms with E-state index in [1.807, 2.05) is 18.2 Å². The van der Waals surface area contributed by atoms with Gasteiger partial charge in [0.2, 0.25) is 5.91 Å². The minimum atomic E-state index is -0.106. The topological polar surface area (TPSA) is 29.1 Å². The van der Waals surface area contributed by atoms with Gasteiger partial charge in [0.1, 0.15) is 0 Å². The van der Waals surface area contributed by atoms with Crippen LogP contribution in [-0.4, -0.2) is 5.91 Å². The van der Waals surface area contributed by atoms with Crippen molar-refractivity contribution in [3.05, 3.63) is 64.1 Å². The van der Waals surface area contributed by atoms with Crippen LogP contribution in [-0.2, 0) is 11.2 Å². The molecule has 0 fully saturated rings. The smallest absolute Gasteiger partial charge is 0.228 e. The summed E-state index contributed by atoms with van der Waals surface area (Å²) in [6.07, 6.45) is 0.252. The van der Waals surface area contributed by atoms with E-state index in [4.69, 9.17) is 23.2 Å². The van der Waals surface area contributed by atoms with Gasteiger partial charge >= 0.3 is 0 Å². The largest absolute Gasteiger partial charge is 0.326 e. The Hall–Kier alpha value is -1.51. The van der Waals surface area contributed by atoms with Gasteiger partial charge in [-0.2, -0.15) is 0 Å². The van der Waals surface area contributed by atoms with E-state index in [9.17, 15) is 4.79 Å². The summed E-state index contributed by atoms with van der Waals surface area (Å²) in [6.45, 7) is 0. The quantitative estimate of drug-likeness (QED) is 0.898. The highest BCUT2D eigenvalue weighted by Gasteiger charge is 2.06. The Labute approximate surface area is 116 Å². The lowest BCUT2D eigenvalue weighted by molar-refractivity contribution is -0.115. The van der Waals surface area contributed by atoms with Crippen LogP contribution in [0.3, 0.4) is 0 Å². The summed E-state index contributed by atoms with van der Waals surface area (Å²) in [5.41, 5.74) is 1.53. The van der Waals surface area contributed by atoms with Crippen LogP contribution in [0.25, 0.3) is 0 Å². The molecule has 0 saturated carbocycles. The monoisotopic (exact) mass is 279 g/mol. The fraction of sp³-hybridized carbons (Fsp3) is 0.0714. The second-order valence-corrected chi connectivity index (χ2v) is 4.67. The molecule has 18 heavy (non-hydrogen) atoms. The highest BCUT2D eigenvalue weighted by atomic mass is 35.5. The van der Waals surface area contributed by atoms with Crippen LogP contribution < -0.4 is 5.32 Å². The lowest BCUT2D eigenvalue weighted by atomic mass is 10.1. The summed E-state index contributed by atoms with van der Waals surface area (Å²) >= 11 is 11.8. The fourth-order valence-corrected chi connectivity index (χ4v) is 1.88. The molecule has 0 unspecified atom stereocenters. The molecule has 0 heterocycles. The summed E-state index contributed by atoms with van der Waals surface area (Å²) in [5.74, 6) is -0.106. The second kappa shape index (κ2) is 5.89. The zero-order valence-electron chi connectivity index (χ0n) is 9.49. The Kier molecular flexibility index (Phi) is 4.24. The first-order valence-electron chi connectivity index (χ1n) is 5.44. The van der Waals surface area contributed by atoms with Crippen molar-refractivity contribution in [1.29, 1.82) is 0 Å². The number of benzene rings is 2. The van der Waals surface area contributed by atoms with Crippen molar-refractivity contribution in [3.63, 3.8) is 0 Å². The number of hydrogen-bond acceptors (Lipinski definition) is 1. The molecule has 0 saturated heterocycles. The number of amides is 1. The minimum absolute atomic E-state index is 0.106. The number of carbonyl (C=O) groups excluding carboxylic acids is 1. The maximum Gasteiger partial charge on any atom is 0.228 e. The SMILES string of the molecule is O=C(Cc1ccccc1Cl)Nc1ccc(Cl)cc1. The van der Waals surface area contributed by atoms with Crippen molar-refractivity contribution >= 4 is 34.8 Å². The van der Waals surface area contributed by atoms with E-state index in [0.29, 0.717) is 10.0 Å². The molecule has 1 amide bonds. The van der Waals surface area contributed by atoms with E-state index < -0.39 is 0 Å². The second-order valence-electron chi connectivity index (χ2n) is 3.82. The zero-order chi connectivity index (χ0) is 13.0. The predicted molar refractivity (Wildman–Crippen MR) is 75.2 cm³/mol. The van der Waals surface area contributed by atoms with Gasteiger partial charge < -0.3 is 5.32 Å². The average molecular weight is 280 g/mol. The van der Waals surface area contributed by atoms with Gasteiger partial charge in [-0.3, -0.25) is 4.79 Å². The van der Waals surface area contributed by atoms with Gasteiger partial charge in [0.15, 0.2) is 0 Å². The lowest BCUT2D eigenvalue weighted by Gasteiger charge is -2.06. The molecule has 0 atom stereocenters. The van der Waals surface area contributed by atoms with Gasteiger partial charge in [0.25, 0.3) is 0 Å². The highest BCUT2D eigenvalue weighted by molar-refractivity contribution is 6.31. The Morgan fingerprint density at radius 1 is 1.00 bits per heavy atom. The maximum absolute atomic E-state index is 11.8. The van der Waals surface area contributed by atoms with Gasteiger partial charge in [-0.05, 0) is 35.9 Å². The van der Waals surface area contributed by atoms with Gasteiger partial charge in [-0.25, -0.2) is 0 Å². The molecule has 2 aromatic carbocycles. The van der Waals surface area contributed by atoms with Gasteiger partial charge in [-0.15, -0.1) is 0 Å². The molecule has 0 radical (unpaired) electrons. The van der Waals surface area contributed by atoms with Gasteiger partial charge in [0, 0.05) is 15.7 Å². The molecule has 0 spiro atoms. The normalized spacial score (nSPS) is 10.1. The van der Waals surface area contributed by atoms with Gasteiger partial charge in [-0.1, -0.05) is 41.4 Å². The number of halogens is 2. The number of rotatable bonds is 3. The van der Waals surface area contributed by atoms with Crippen LogP contribution in [0.1, 0.15) is 5.56 Å². The molecular weight excluding hydrogens is 269 g/mol. The van der Waals surface area contributed by atoms with Crippen LogP contribution in [0, 0.1) is 0 Å². The first kappa shape index (κ1) is 12.9. The van der Waals surface area contributed by atoms with Crippen molar-refractivity contribution in [2.75, 3.05) is 5.32 Å². The number of carbonyl (C=O) groups is 1. The lowest BCUT2D eigenvalue weighted by Crippen LogP contribution is -2.14. The fourth-order valence-electron chi connectivity index (χ4n) is 1.55. The molecule has 1 N–H and O–H groups in total. The summed E-state index contributed by atoms with van der Waals surface area (Å²) < 4.78 is 0. The van der Waals surface area contributed by atoms with E-state index in [1.165, 1.54) is 0 Å². The van der Waals surface area contributed by atoms with Crippen molar-refractivity contribution in [3.8, 4) is 0 Å². The summed E-state index contributed by atoms with van der Waals surface area (Å²) in [6, 6.07) is 14.3. The molecule has 0 aliphatic carbocycles. The van der Waals surface area contributed by atoms with E-state index >= 15 is 0 Å². The van der Waals surface area contributed by atoms with Crippen molar-refractivity contribution in [2.45, 2.75) is 6.42 Å². The van der Waals surface area contributed by atoms with Crippen LogP contribution in [0.4, 0.5) is 5.69 Å². The van der Waals surface area contributed by atoms with Gasteiger partial charge in [0.05, 0.1) is 6.42 Å². The first-order valence-corrected chi connectivity index (χ1v) is 6.19.